The summed E-state index contributed by atoms with van der Waals surface area (Å²) in [6, 6.07) is -0.662. The smallest absolute Gasteiger partial charge is 0.270 e. The van der Waals surface area contributed by atoms with Crippen LogP contribution in [0.25, 0.3) is 0 Å². The van der Waals surface area contributed by atoms with Gasteiger partial charge in [-0.05, 0) is 13.8 Å². The fraction of sp³-hybridized carbons (Fsp3) is 0.600. The zero-order valence-electron chi connectivity index (χ0n) is 5.21. The Kier molecular flexibility index (Phi) is 0.986. The second-order valence-corrected chi connectivity index (χ2v) is 2.37. The molecule has 1 aliphatic rings. The topological polar surface area (TPSA) is 62.3 Å². The van der Waals surface area contributed by atoms with Crippen molar-refractivity contribution >= 4 is 11.9 Å². The zero-order chi connectivity index (χ0) is 7.07. The van der Waals surface area contributed by atoms with Gasteiger partial charge in [-0.25, -0.2) is 10.1 Å². The third-order valence-corrected chi connectivity index (χ3v) is 1.10. The molecule has 2 radical (unpaired) electrons. The monoisotopic (exact) mass is 126 g/mol. The molecule has 0 saturated carbocycles. The lowest BCUT2D eigenvalue weighted by Crippen LogP contribution is -2.34. The normalized spacial score (nSPS) is 23.3. The maximum Gasteiger partial charge on any atom is 0.366 e. The zero-order valence-corrected chi connectivity index (χ0v) is 5.21. The third-order valence-electron chi connectivity index (χ3n) is 1.10. The molecule has 0 unspecified atom stereocenters. The number of urea groups is 1. The van der Waals surface area contributed by atoms with Crippen LogP contribution in [0.4, 0.5) is 4.79 Å². The predicted molar refractivity (Wildman–Crippen MR) is 28.7 cm³/mol. The second-order valence-electron chi connectivity index (χ2n) is 2.37. The lowest BCUT2D eigenvalue weighted by molar-refractivity contribution is -0.123. The molecule has 0 aromatic heterocycles. The highest BCUT2D eigenvalue weighted by molar-refractivity contribution is 6.05. The molecule has 0 bridgehead atoms. The Bertz CT molecular complexity index is 174. The molecule has 4 nitrogen and oxygen atoms in total. The standard InChI is InChI=1S/C5H6N2O2/c1-5(2)3(8)6-4(9)7-5/h1-2H3. The number of rotatable bonds is 0. The molecule has 48 valence electrons. The third kappa shape index (κ3) is 0.872. The number of hydrogen-bond donors (Lipinski definition) is 0. The van der Waals surface area contributed by atoms with E-state index in [-0.39, 0.29) is 0 Å². The molecule has 0 atom stereocenters. The van der Waals surface area contributed by atoms with Crippen molar-refractivity contribution in [3.8, 4) is 0 Å². The maximum absolute atomic E-state index is 10.6. The van der Waals surface area contributed by atoms with Crippen molar-refractivity contribution in [1.29, 1.82) is 0 Å². The van der Waals surface area contributed by atoms with Gasteiger partial charge in [-0.2, -0.15) is 5.32 Å². The van der Waals surface area contributed by atoms with Gasteiger partial charge in [0.15, 0.2) is 0 Å². The number of carbonyl (C=O) groups excluding carboxylic acids is 2. The average molecular weight is 126 g/mol. The van der Waals surface area contributed by atoms with Crippen LogP contribution < -0.4 is 10.6 Å². The van der Waals surface area contributed by atoms with E-state index in [0.29, 0.717) is 0 Å². The molecule has 1 heterocycles. The van der Waals surface area contributed by atoms with Crippen molar-refractivity contribution in [3.63, 3.8) is 0 Å². The Labute approximate surface area is 52.6 Å². The van der Waals surface area contributed by atoms with Crippen molar-refractivity contribution in [2.75, 3.05) is 0 Å². The number of hydrogen-bond acceptors (Lipinski definition) is 2. The van der Waals surface area contributed by atoms with E-state index in [2.05, 4.69) is 10.6 Å². The van der Waals surface area contributed by atoms with E-state index in [4.69, 9.17) is 0 Å². The molecular weight excluding hydrogens is 120 g/mol. The van der Waals surface area contributed by atoms with Gasteiger partial charge in [-0.15, -0.1) is 0 Å². The Hall–Kier alpha value is -1.06. The molecule has 1 fully saturated rings. The maximum atomic E-state index is 10.6. The molecule has 0 spiro atoms. The first-order valence-corrected chi connectivity index (χ1v) is 2.55. The first kappa shape index (κ1) is 6.07. The summed E-state index contributed by atoms with van der Waals surface area (Å²) in [6.07, 6.45) is 0. The van der Waals surface area contributed by atoms with E-state index >= 15 is 0 Å². The van der Waals surface area contributed by atoms with Crippen molar-refractivity contribution < 1.29 is 9.59 Å². The first-order chi connectivity index (χ1) is 4.02. The van der Waals surface area contributed by atoms with Gasteiger partial charge in [0, 0.05) is 0 Å². The highest BCUT2D eigenvalue weighted by Crippen LogP contribution is 2.10. The molecule has 0 aliphatic carbocycles. The highest BCUT2D eigenvalue weighted by atomic mass is 16.2. The van der Waals surface area contributed by atoms with Crippen molar-refractivity contribution in [3.05, 3.63) is 0 Å². The molecule has 3 amide bonds. The molecule has 9 heavy (non-hydrogen) atoms. The Morgan fingerprint density at radius 3 is 2.00 bits per heavy atom. The summed E-state index contributed by atoms with van der Waals surface area (Å²) in [5, 5.41) is 6.54. The van der Waals surface area contributed by atoms with E-state index in [1.165, 1.54) is 0 Å². The van der Waals surface area contributed by atoms with Gasteiger partial charge in [0.05, 0.1) is 0 Å². The van der Waals surface area contributed by atoms with Crippen molar-refractivity contribution in [2.24, 2.45) is 0 Å². The van der Waals surface area contributed by atoms with E-state index in [0.717, 1.165) is 0 Å². The fourth-order valence-corrected chi connectivity index (χ4v) is 0.536. The predicted octanol–water partition coefficient (Wildman–Crippen LogP) is -0.366. The number of amides is 3. The Morgan fingerprint density at radius 2 is 1.89 bits per heavy atom. The van der Waals surface area contributed by atoms with E-state index < -0.39 is 17.5 Å². The lowest BCUT2D eigenvalue weighted by Gasteiger charge is -2.07. The summed E-state index contributed by atoms with van der Waals surface area (Å²) in [4.78, 5) is 20.9. The number of carbonyl (C=O) groups is 2. The van der Waals surface area contributed by atoms with Crippen LogP contribution in [0.1, 0.15) is 13.8 Å². The SMILES string of the molecule is CC1(C)[N]C(=O)[N]C1=O. The molecule has 1 saturated heterocycles. The molecular formula is C5H6N2O2. The minimum atomic E-state index is -0.906. The van der Waals surface area contributed by atoms with Gasteiger partial charge >= 0.3 is 6.03 Å². The van der Waals surface area contributed by atoms with Gasteiger partial charge < -0.3 is 0 Å². The summed E-state index contributed by atoms with van der Waals surface area (Å²) in [5.41, 5.74) is -0.906. The van der Waals surface area contributed by atoms with Crippen LogP contribution in [0.15, 0.2) is 0 Å². The molecule has 1 aliphatic heterocycles. The van der Waals surface area contributed by atoms with Gasteiger partial charge in [-0.1, -0.05) is 0 Å². The highest BCUT2D eigenvalue weighted by Gasteiger charge is 2.41. The summed E-state index contributed by atoms with van der Waals surface area (Å²) in [7, 11) is 0. The summed E-state index contributed by atoms with van der Waals surface area (Å²) >= 11 is 0. The largest absolute Gasteiger partial charge is 0.366 e. The molecule has 0 aromatic rings. The Balaban J connectivity index is 2.81. The van der Waals surface area contributed by atoms with Crippen molar-refractivity contribution in [2.45, 2.75) is 19.4 Å². The fourth-order valence-electron chi connectivity index (χ4n) is 0.536. The van der Waals surface area contributed by atoms with Crippen LogP contribution in [-0.4, -0.2) is 17.5 Å². The van der Waals surface area contributed by atoms with Gasteiger partial charge in [0.1, 0.15) is 5.54 Å². The van der Waals surface area contributed by atoms with E-state index in [9.17, 15) is 9.59 Å². The van der Waals surface area contributed by atoms with Crippen molar-refractivity contribution in [1.82, 2.24) is 10.6 Å². The minimum absolute atomic E-state index is 0.451. The minimum Gasteiger partial charge on any atom is -0.270 e. The number of imide groups is 1. The van der Waals surface area contributed by atoms with Crippen LogP contribution in [0.5, 0.6) is 0 Å². The molecule has 4 heteroatoms. The Morgan fingerprint density at radius 1 is 1.33 bits per heavy atom. The first-order valence-electron chi connectivity index (χ1n) is 2.55. The van der Waals surface area contributed by atoms with E-state index in [1.54, 1.807) is 13.8 Å². The molecule has 1 rings (SSSR count). The number of nitrogens with zero attached hydrogens (tertiary/aromatic N) is 2. The second kappa shape index (κ2) is 1.46. The van der Waals surface area contributed by atoms with Gasteiger partial charge in [-0.3, -0.25) is 4.79 Å². The summed E-state index contributed by atoms with van der Waals surface area (Å²) in [6.45, 7) is 3.12. The van der Waals surface area contributed by atoms with Crippen LogP contribution in [0, 0.1) is 0 Å². The molecule has 0 aromatic carbocycles. The van der Waals surface area contributed by atoms with Gasteiger partial charge in [0.2, 0.25) is 0 Å². The quantitative estimate of drug-likeness (QED) is 0.416. The summed E-state index contributed by atoms with van der Waals surface area (Å²) < 4.78 is 0. The van der Waals surface area contributed by atoms with Gasteiger partial charge in [0.25, 0.3) is 5.91 Å². The van der Waals surface area contributed by atoms with Crippen LogP contribution in [0.3, 0.4) is 0 Å². The lowest BCUT2D eigenvalue weighted by atomic mass is 10.1. The van der Waals surface area contributed by atoms with Crippen LogP contribution in [0.2, 0.25) is 0 Å². The van der Waals surface area contributed by atoms with Crippen LogP contribution in [-0.2, 0) is 4.79 Å². The van der Waals surface area contributed by atoms with Crippen LogP contribution >= 0.6 is 0 Å². The summed E-state index contributed by atoms with van der Waals surface area (Å²) in [5.74, 6) is -0.451. The average Bonchev–Trinajstić information content (AvgIpc) is 1.79. The van der Waals surface area contributed by atoms with E-state index in [1.807, 2.05) is 0 Å². The molecule has 0 N–H and O–H groups in total.